The highest BCUT2D eigenvalue weighted by Gasteiger charge is 2.26. The first-order valence-electron chi connectivity index (χ1n) is 8.03. The largest absolute Gasteiger partial charge is 0.489 e. The Morgan fingerprint density at radius 3 is 2.84 bits per heavy atom. The molecule has 1 aromatic carbocycles. The molecule has 9 heteroatoms. The van der Waals surface area contributed by atoms with Crippen LogP contribution in [0.3, 0.4) is 0 Å². The summed E-state index contributed by atoms with van der Waals surface area (Å²) in [4.78, 5) is 10.6. The molecule has 7 nitrogen and oxygen atoms in total. The van der Waals surface area contributed by atoms with Crippen LogP contribution in [0.2, 0.25) is 5.02 Å². The van der Waals surface area contributed by atoms with Gasteiger partial charge in [-0.3, -0.25) is 4.79 Å². The van der Waals surface area contributed by atoms with E-state index in [4.69, 9.17) is 26.2 Å². The van der Waals surface area contributed by atoms with Crippen molar-refractivity contribution in [2.24, 2.45) is 0 Å². The first-order valence-corrected chi connectivity index (χ1v) is 9.84. The standard InChI is InChI=1S/C16H22ClNO6S/c1-18(8-7-16(19)20)25(21,22)15-10-12(17)5-6-14(15)24-11-13-4-2-3-9-23-13/h5-6,10,13H,2-4,7-9,11H2,1H3,(H,19,20). The predicted molar refractivity (Wildman–Crippen MR) is 92.6 cm³/mol. The number of hydrogen-bond donors (Lipinski definition) is 1. The van der Waals surface area contributed by atoms with Gasteiger partial charge in [-0.05, 0) is 37.5 Å². The zero-order valence-electron chi connectivity index (χ0n) is 14.0. The van der Waals surface area contributed by atoms with Crippen LogP contribution in [-0.2, 0) is 19.6 Å². The Balaban J connectivity index is 2.17. The average molecular weight is 392 g/mol. The first kappa shape index (κ1) is 20.0. The Kier molecular flexibility index (Phi) is 7.06. The van der Waals surface area contributed by atoms with Gasteiger partial charge in [-0.15, -0.1) is 0 Å². The molecule has 1 heterocycles. The zero-order chi connectivity index (χ0) is 18.4. The van der Waals surface area contributed by atoms with Crippen molar-refractivity contribution in [3.05, 3.63) is 23.2 Å². The molecule has 0 radical (unpaired) electrons. The van der Waals surface area contributed by atoms with Crippen molar-refractivity contribution in [2.75, 3.05) is 26.8 Å². The average Bonchev–Trinajstić information content (AvgIpc) is 2.59. The van der Waals surface area contributed by atoms with Crippen molar-refractivity contribution in [1.82, 2.24) is 4.31 Å². The van der Waals surface area contributed by atoms with Crippen molar-refractivity contribution in [3.63, 3.8) is 0 Å². The summed E-state index contributed by atoms with van der Waals surface area (Å²) in [5, 5.41) is 9.00. The molecule has 1 N–H and O–H groups in total. The molecular weight excluding hydrogens is 370 g/mol. The predicted octanol–water partition coefficient (Wildman–Crippen LogP) is 2.38. The summed E-state index contributed by atoms with van der Waals surface area (Å²) >= 11 is 5.95. The van der Waals surface area contributed by atoms with Gasteiger partial charge in [0.1, 0.15) is 17.3 Å². The van der Waals surface area contributed by atoms with E-state index in [2.05, 4.69) is 0 Å². The molecule has 140 valence electrons. The number of carboxylic acids is 1. The number of carbonyl (C=O) groups is 1. The number of ether oxygens (including phenoxy) is 2. The van der Waals surface area contributed by atoms with Gasteiger partial charge in [0.15, 0.2) is 0 Å². The molecule has 2 rings (SSSR count). The maximum absolute atomic E-state index is 12.7. The van der Waals surface area contributed by atoms with Crippen LogP contribution in [0.1, 0.15) is 25.7 Å². The molecular formula is C16H22ClNO6S. The third-order valence-electron chi connectivity index (χ3n) is 3.93. The van der Waals surface area contributed by atoms with Gasteiger partial charge in [0.2, 0.25) is 10.0 Å². The number of nitrogens with zero attached hydrogens (tertiary/aromatic N) is 1. The van der Waals surface area contributed by atoms with E-state index < -0.39 is 16.0 Å². The van der Waals surface area contributed by atoms with Crippen LogP contribution < -0.4 is 4.74 Å². The Bertz CT molecular complexity index is 703. The second-order valence-corrected chi connectivity index (χ2v) is 8.31. The molecule has 1 aliphatic rings. The highest BCUT2D eigenvalue weighted by molar-refractivity contribution is 7.89. The molecule has 0 spiro atoms. The molecule has 1 aromatic rings. The fourth-order valence-corrected chi connectivity index (χ4v) is 4.03. The number of aliphatic carboxylic acids is 1. The zero-order valence-corrected chi connectivity index (χ0v) is 15.6. The van der Waals surface area contributed by atoms with Gasteiger partial charge in [0, 0.05) is 25.2 Å². The van der Waals surface area contributed by atoms with Gasteiger partial charge in [0.05, 0.1) is 12.5 Å². The second kappa shape index (κ2) is 8.84. The minimum Gasteiger partial charge on any atom is -0.489 e. The topological polar surface area (TPSA) is 93.1 Å². The van der Waals surface area contributed by atoms with Crippen LogP contribution in [-0.4, -0.2) is 56.7 Å². The number of rotatable bonds is 8. The number of carboxylic acid groups (broad SMARTS) is 1. The quantitative estimate of drug-likeness (QED) is 0.731. The lowest BCUT2D eigenvalue weighted by molar-refractivity contribution is -0.137. The lowest BCUT2D eigenvalue weighted by Gasteiger charge is -2.24. The van der Waals surface area contributed by atoms with E-state index in [1.807, 2.05) is 0 Å². The molecule has 1 unspecified atom stereocenters. The Hall–Kier alpha value is -1.35. The van der Waals surface area contributed by atoms with Crippen molar-refractivity contribution < 1.29 is 27.8 Å². The van der Waals surface area contributed by atoms with E-state index >= 15 is 0 Å². The van der Waals surface area contributed by atoms with E-state index in [-0.39, 0.29) is 41.3 Å². The Labute approximate surface area is 152 Å². The minimum atomic E-state index is -3.92. The summed E-state index contributed by atoms with van der Waals surface area (Å²) in [6.07, 6.45) is 2.59. The van der Waals surface area contributed by atoms with E-state index in [9.17, 15) is 13.2 Å². The third kappa shape index (κ3) is 5.57. The van der Waals surface area contributed by atoms with Crippen molar-refractivity contribution in [3.8, 4) is 5.75 Å². The van der Waals surface area contributed by atoms with Crippen LogP contribution in [0, 0.1) is 0 Å². The van der Waals surface area contributed by atoms with Gasteiger partial charge >= 0.3 is 5.97 Å². The van der Waals surface area contributed by atoms with Gasteiger partial charge < -0.3 is 14.6 Å². The third-order valence-corrected chi connectivity index (χ3v) is 6.05. The number of benzene rings is 1. The summed E-state index contributed by atoms with van der Waals surface area (Å²) in [6.45, 7) is 0.788. The summed E-state index contributed by atoms with van der Waals surface area (Å²) in [7, 11) is -2.59. The Morgan fingerprint density at radius 1 is 1.44 bits per heavy atom. The van der Waals surface area contributed by atoms with Crippen molar-refractivity contribution in [2.45, 2.75) is 36.7 Å². The summed E-state index contributed by atoms with van der Waals surface area (Å²) in [5.74, 6) is -0.889. The SMILES string of the molecule is CN(CCC(=O)O)S(=O)(=O)c1cc(Cl)ccc1OCC1CCCCO1. The molecule has 25 heavy (non-hydrogen) atoms. The molecule has 1 saturated heterocycles. The van der Waals surface area contributed by atoms with Gasteiger partial charge in [-0.1, -0.05) is 11.6 Å². The van der Waals surface area contributed by atoms with Crippen LogP contribution in [0.25, 0.3) is 0 Å². The maximum atomic E-state index is 12.7. The lowest BCUT2D eigenvalue weighted by Crippen LogP contribution is -2.30. The normalized spacial score (nSPS) is 18.3. The van der Waals surface area contributed by atoms with E-state index in [0.29, 0.717) is 6.61 Å². The fourth-order valence-electron chi connectivity index (χ4n) is 2.47. The molecule has 1 fully saturated rings. The highest BCUT2D eigenvalue weighted by atomic mass is 35.5. The van der Waals surface area contributed by atoms with E-state index in [0.717, 1.165) is 23.6 Å². The monoisotopic (exact) mass is 391 g/mol. The molecule has 1 atom stereocenters. The molecule has 0 saturated carbocycles. The minimum absolute atomic E-state index is 0.0651. The Morgan fingerprint density at radius 2 is 2.20 bits per heavy atom. The molecule has 0 amide bonds. The first-order chi connectivity index (χ1) is 11.8. The van der Waals surface area contributed by atoms with Crippen LogP contribution in [0.5, 0.6) is 5.75 Å². The van der Waals surface area contributed by atoms with E-state index in [1.54, 1.807) is 6.07 Å². The number of sulfonamides is 1. The molecule has 0 aromatic heterocycles. The highest BCUT2D eigenvalue weighted by Crippen LogP contribution is 2.30. The summed E-state index contributed by atoms with van der Waals surface area (Å²) in [6, 6.07) is 4.36. The number of hydrogen-bond acceptors (Lipinski definition) is 5. The second-order valence-electron chi connectivity index (χ2n) is 5.86. The number of halogens is 1. The maximum Gasteiger partial charge on any atom is 0.304 e. The van der Waals surface area contributed by atoms with Crippen molar-refractivity contribution in [1.29, 1.82) is 0 Å². The van der Waals surface area contributed by atoms with Crippen LogP contribution in [0.4, 0.5) is 0 Å². The van der Waals surface area contributed by atoms with Gasteiger partial charge in [-0.25, -0.2) is 12.7 Å². The molecule has 0 bridgehead atoms. The van der Waals surface area contributed by atoms with Gasteiger partial charge in [-0.2, -0.15) is 0 Å². The van der Waals surface area contributed by atoms with E-state index in [1.165, 1.54) is 19.2 Å². The van der Waals surface area contributed by atoms with Crippen LogP contribution in [0.15, 0.2) is 23.1 Å². The molecule has 1 aliphatic heterocycles. The van der Waals surface area contributed by atoms with Gasteiger partial charge in [0.25, 0.3) is 0 Å². The lowest BCUT2D eigenvalue weighted by atomic mass is 10.1. The fraction of sp³-hybridized carbons (Fsp3) is 0.562. The molecule has 0 aliphatic carbocycles. The smallest absolute Gasteiger partial charge is 0.304 e. The summed E-state index contributed by atoms with van der Waals surface area (Å²) in [5.41, 5.74) is 0. The van der Waals surface area contributed by atoms with Crippen LogP contribution >= 0.6 is 11.6 Å². The summed E-state index contributed by atoms with van der Waals surface area (Å²) < 4.78 is 37.7. The van der Waals surface area contributed by atoms with Crippen molar-refractivity contribution >= 4 is 27.6 Å².